The number of esters is 1. The Bertz CT molecular complexity index is 566. The molecule has 0 aliphatic carbocycles. The molecule has 0 aromatic rings. The molecule has 0 aliphatic rings. The van der Waals surface area contributed by atoms with Crippen molar-refractivity contribution in [3.05, 3.63) is 34.4 Å². The summed E-state index contributed by atoms with van der Waals surface area (Å²) < 4.78 is 5.02. The lowest BCUT2D eigenvalue weighted by Gasteiger charge is -2.07. The molecule has 0 heterocycles. The maximum Gasteiger partial charge on any atom is 0.333 e. The van der Waals surface area contributed by atoms with Gasteiger partial charge in [-0.3, -0.25) is 0 Å². The van der Waals surface area contributed by atoms with Crippen LogP contribution in [0, 0.1) is 0 Å². The molecule has 0 aromatic heterocycles. The molecule has 6 nitrogen and oxygen atoms in total. The minimum absolute atomic E-state index is 0.0686. The van der Waals surface area contributed by atoms with Gasteiger partial charge in [0.25, 0.3) is 0 Å². The standard InChI is InChI=1S/C18H26O6/c1-12(8-6-5-7-9-13(2)16(19)20)15(4)18(23)24-11-10-14(3)17(21)22/h9-10H,5-8,11H2,1-4H3,(H,19,20)(H,21,22). The van der Waals surface area contributed by atoms with Crippen LogP contribution >= 0.6 is 0 Å². The summed E-state index contributed by atoms with van der Waals surface area (Å²) in [5.74, 6) is -2.40. The van der Waals surface area contributed by atoms with Crippen LogP contribution < -0.4 is 0 Å². The van der Waals surface area contributed by atoms with Gasteiger partial charge in [0, 0.05) is 16.7 Å². The summed E-state index contributed by atoms with van der Waals surface area (Å²) in [6.07, 6.45) is 6.14. The Hall–Kier alpha value is -2.37. The van der Waals surface area contributed by atoms with Gasteiger partial charge in [0.15, 0.2) is 0 Å². The highest BCUT2D eigenvalue weighted by Crippen LogP contribution is 2.15. The number of unbranched alkanes of at least 4 members (excludes halogenated alkanes) is 2. The second-order valence-corrected chi connectivity index (χ2v) is 5.63. The van der Waals surface area contributed by atoms with Crippen molar-refractivity contribution in [1.82, 2.24) is 0 Å². The van der Waals surface area contributed by atoms with Crippen LogP contribution in [0.25, 0.3) is 0 Å². The van der Waals surface area contributed by atoms with Crippen LogP contribution in [0.2, 0.25) is 0 Å². The van der Waals surface area contributed by atoms with Gasteiger partial charge in [-0.2, -0.15) is 0 Å². The van der Waals surface area contributed by atoms with Gasteiger partial charge in [0.2, 0.25) is 0 Å². The van der Waals surface area contributed by atoms with Crippen LogP contribution in [0.1, 0.15) is 53.4 Å². The van der Waals surface area contributed by atoms with Crippen molar-refractivity contribution in [3.8, 4) is 0 Å². The van der Waals surface area contributed by atoms with Crippen LogP contribution in [-0.2, 0) is 19.1 Å². The number of rotatable bonds is 10. The Morgan fingerprint density at radius 3 is 1.96 bits per heavy atom. The maximum absolute atomic E-state index is 11.9. The zero-order valence-electron chi connectivity index (χ0n) is 14.7. The summed E-state index contributed by atoms with van der Waals surface area (Å²) in [6.45, 7) is 6.47. The van der Waals surface area contributed by atoms with Crippen molar-refractivity contribution in [2.75, 3.05) is 6.61 Å². The third kappa shape index (κ3) is 8.92. The Labute approximate surface area is 142 Å². The van der Waals surface area contributed by atoms with Gasteiger partial charge in [-0.15, -0.1) is 0 Å². The molecule has 0 atom stereocenters. The predicted octanol–water partition coefficient (Wildman–Crippen LogP) is 3.49. The number of hydrogen-bond acceptors (Lipinski definition) is 4. The van der Waals surface area contributed by atoms with Crippen LogP contribution in [0.3, 0.4) is 0 Å². The Kier molecular flexibility index (Phi) is 10.1. The summed E-state index contributed by atoms with van der Waals surface area (Å²) >= 11 is 0. The number of aliphatic carboxylic acids is 2. The minimum atomic E-state index is -1.04. The van der Waals surface area contributed by atoms with E-state index in [2.05, 4.69) is 0 Å². The molecule has 0 radical (unpaired) electrons. The van der Waals surface area contributed by atoms with E-state index in [1.54, 1.807) is 19.9 Å². The first-order chi connectivity index (χ1) is 11.2. The number of hydrogen-bond donors (Lipinski definition) is 2. The Morgan fingerprint density at radius 2 is 1.42 bits per heavy atom. The fourth-order valence-corrected chi connectivity index (χ4v) is 1.74. The lowest BCUT2D eigenvalue weighted by atomic mass is 10.0. The number of carbonyl (C=O) groups excluding carboxylic acids is 1. The molecule has 0 unspecified atom stereocenters. The number of allylic oxidation sites excluding steroid dienone is 2. The maximum atomic E-state index is 11.9. The van der Waals surface area contributed by atoms with E-state index in [0.29, 0.717) is 17.6 Å². The van der Waals surface area contributed by atoms with Gasteiger partial charge in [-0.25, -0.2) is 14.4 Å². The molecule has 0 saturated heterocycles. The van der Waals surface area contributed by atoms with Crippen molar-refractivity contribution in [2.24, 2.45) is 0 Å². The van der Waals surface area contributed by atoms with Crippen molar-refractivity contribution in [3.63, 3.8) is 0 Å². The molecule has 0 spiro atoms. The Balaban J connectivity index is 4.30. The van der Waals surface area contributed by atoms with Crippen LogP contribution in [-0.4, -0.2) is 34.7 Å². The summed E-state index contributed by atoms with van der Waals surface area (Å²) in [7, 11) is 0. The first-order valence-electron chi connectivity index (χ1n) is 7.80. The first kappa shape index (κ1) is 21.6. The molecule has 0 aliphatic heterocycles. The number of carbonyl (C=O) groups is 3. The summed E-state index contributed by atoms with van der Waals surface area (Å²) in [5, 5.41) is 17.4. The van der Waals surface area contributed by atoms with Crippen molar-refractivity contribution < 1.29 is 29.3 Å². The number of ether oxygens (including phenoxy) is 1. The largest absolute Gasteiger partial charge is 0.478 e. The van der Waals surface area contributed by atoms with Crippen LogP contribution in [0.4, 0.5) is 0 Å². The van der Waals surface area contributed by atoms with Gasteiger partial charge < -0.3 is 14.9 Å². The quantitative estimate of drug-likeness (QED) is 0.359. The lowest BCUT2D eigenvalue weighted by molar-refractivity contribution is -0.138. The lowest BCUT2D eigenvalue weighted by Crippen LogP contribution is -2.08. The predicted molar refractivity (Wildman–Crippen MR) is 90.6 cm³/mol. The molecule has 0 saturated carbocycles. The van der Waals surface area contributed by atoms with Crippen LogP contribution in [0.15, 0.2) is 34.4 Å². The van der Waals surface area contributed by atoms with E-state index in [0.717, 1.165) is 24.8 Å². The molecule has 0 fully saturated rings. The topological polar surface area (TPSA) is 101 Å². The van der Waals surface area contributed by atoms with E-state index in [1.807, 2.05) is 6.92 Å². The number of carboxylic acid groups (broad SMARTS) is 2. The summed E-state index contributed by atoms with van der Waals surface area (Å²) in [4.78, 5) is 33.1. The van der Waals surface area contributed by atoms with Gasteiger partial charge in [-0.05, 0) is 59.5 Å². The van der Waals surface area contributed by atoms with Crippen molar-refractivity contribution >= 4 is 17.9 Å². The second kappa shape index (κ2) is 11.2. The normalized spacial score (nSPS) is 13.3. The molecule has 2 N–H and O–H groups in total. The van der Waals surface area contributed by atoms with E-state index in [1.165, 1.54) is 13.0 Å². The molecule has 0 rings (SSSR count). The SMILES string of the molecule is CC(=CCCCCC(C)=C(C)C(=O)OCC=C(C)C(=O)O)C(=O)O. The van der Waals surface area contributed by atoms with E-state index >= 15 is 0 Å². The molecule has 0 bridgehead atoms. The zero-order valence-corrected chi connectivity index (χ0v) is 14.7. The molecule has 6 heteroatoms. The zero-order chi connectivity index (χ0) is 18.7. The molecule has 0 aromatic carbocycles. The molecular formula is C18H26O6. The smallest absolute Gasteiger partial charge is 0.333 e. The Morgan fingerprint density at radius 1 is 0.875 bits per heavy atom. The van der Waals surface area contributed by atoms with Crippen molar-refractivity contribution in [1.29, 1.82) is 0 Å². The molecule has 24 heavy (non-hydrogen) atoms. The highest BCUT2D eigenvalue weighted by Gasteiger charge is 2.09. The molecular weight excluding hydrogens is 312 g/mol. The average Bonchev–Trinajstić information content (AvgIpc) is 2.52. The minimum Gasteiger partial charge on any atom is -0.478 e. The monoisotopic (exact) mass is 338 g/mol. The van der Waals surface area contributed by atoms with Crippen molar-refractivity contribution in [2.45, 2.75) is 53.4 Å². The van der Waals surface area contributed by atoms with Gasteiger partial charge in [0.05, 0.1) is 0 Å². The average molecular weight is 338 g/mol. The highest BCUT2D eigenvalue weighted by atomic mass is 16.5. The van der Waals surface area contributed by atoms with E-state index < -0.39 is 17.9 Å². The fraction of sp³-hybridized carbons (Fsp3) is 0.500. The summed E-state index contributed by atoms with van der Waals surface area (Å²) in [5.41, 5.74) is 1.91. The molecule has 134 valence electrons. The van der Waals surface area contributed by atoms with E-state index in [4.69, 9.17) is 14.9 Å². The van der Waals surface area contributed by atoms with Gasteiger partial charge in [0.1, 0.15) is 6.61 Å². The van der Waals surface area contributed by atoms with E-state index in [-0.39, 0.29) is 12.2 Å². The van der Waals surface area contributed by atoms with Gasteiger partial charge in [-0.1, -0.05) is 11.6 Å². The summed E-state index contributed by atoms with van der Waals surface area (Å²) in [6, 6.07) is 0. The number of carboxylic acids is 2. The molecule has 0 amide bonds. The first-order valence-corrected chi connectivity index (χ1v) is 7.80. The third-order valence-corrected chi connectivity index (χ3v) is 3.68. The second-order valence-electron chi connectivity index (χ2n) is 5.63. The fourth-order valence-electron chi connectivity index (χ4n) is 1.74. The third-order valence-electron chi connectivity index (χ3n) is 3.68. The van der Waals surface area contributed by atoms with Gasteiger partial charge >= 0.3 is 17.9 Å². The van der Waals surface area contributed by atoms with E-state index in [9.17, 15) is 14.4 Å². The van der Waals surface area contributed by atoms with Crippen LogP contribution in [0.5, 0.6) is 0 Å². The highest BCUT2D eigenvalue weighted by molar-refractivity contribution is 5.89.